The number of hydrogen-bond donors (Lipinski definition) is 1. The standard InChI is InChI=1S/C21H32N4O2S2/c1-5-6-7-8-9-11-25(19-22-13-16(2)14-23-19)12-10-17-15-28-20(24-17)29-21(3,4)18(26)27/h13-15H,5-12H2,1-4H3,(H,26,27). The smallest absolute Gasteiger partial charge is 0.319 e. The summed E-state index contributed by atoms with van der Waals surface area (Å²) in [5.74, 6) is -0.0621. The Labute approximate surface area is 182 Å². The Kier molecular flexibility index (Phi) is 9.36. The lowest BCUT2D eigenvalue weighted by Gasteiger charge is -2.22. The molecule has 0 fully saturated rings. The Morgan fingerprint density at radius 3 is 2.52 bits per heavy atom. The molecule has 0 aliphatic carbocycles. The molecule has 0 saturated heterocycles. The molecule has 0 aliphatic rings. The van der Waals surface area contributed by atoms with Crippen molar-refractivity contribution >= 4 is 35.0 Å². The molecule has 2 aromatic rings. The highest BCUT2D eigenvalue weighted by Gasteiger charge is 2.29. The van der Waals surface area contributed by atoms with Gasteiger partial charge in [0.1, 0.15) is 4.75 Å². The van der Waals surface area contributed by atoms with E-state index in [0.29, 0.717) is 0 Å². The zero-order chi connectivity index (χ0) is 21.3. The van der Waals surface area contributed by atoms with Gasteiger partial charge in [-0.1, -0.05) is 44.4 Å². The summed E-state index contributed by atoms with van der Waals surface area (Å²) in [6, 6.07) is 0. The number of carboxylic acids is 1. The first-order valence-electron chi connectivity index (χ1n) is 10.2. The molecule has 0 bridgehead atoms. The molecule has 8 heteroatoms. The summed E-state index contributed by atoms with van der Waals surface area (Å²) < 4.78 is -0.0832. The number of rotatable bonds is 13. The van der Waals surface area contributed by atoms with Crippen LogP contribution in [0.4, 0.5) is 5.95 Å². The van der Waals surface area contributed by atoms with Crippen molar-refractivity contribution < 1.29 is 9.90 Å². The quantitative estimate of drug-likeness (QED) is 0.341. The van der Waals surface area contributed by atoms with Crippen LogP contribution in [-0.4, -0.2) is 43.9 Å². The first-order valence-corrected chi connectivity index (χ1v) is 11.9. The van der Waals surface area contributed by atoms with E-state index in [1.165, 1.54) is 48.8 Å². The van der Waals surface area contributed by atoms with Crippen molar-refractivity contribution in [3.05, 3.63) is 29.0 Å². The Morgan fingerprint density at radius 1 is 1.17 bits per heavy atom. The third-order valence-electron chi connectivity index (χ3n) is 4.61. The Bertz CT molecular complexity index is 762. The minimum Gasteiger partial charge on any atom is -0.480 e. The molecule has 6 nitrogen and oxygen atoms in total. The van der Waals surface area contributed by atoms with Gasteiger partial charge in [-0.3, -0.25) is 4.79 Å². The Hall–Kier alpha value is -1.67. The van der Waals surface area contributed by atoms with Gasteiger partial charge in [0.2, 0.25) is 5.95 Å². The van der Waals surface area contributed by atoms with E-state index in [2.05, 4.69) is 26.8 Å². The second-order valence-corrected chi connectivity index (χ2v) is 10.5. The molecule has 160 valence electrons. The van der Waals surface area contributed by atoms with Gasteiger partial charge in [0.15, 0.2) is 4.34 Å². The predicted octanol–water partition coefficient (Wildman–Crippen LogP) is 5.22. The monoisotopic (exact) mass is 436 g/mol. The predicted molar refractivity (Wildman–Crippen MR) is 121 cm³/mol. The van der Waals surface area contributed by atoms with Crippen LogP contribution in [0.15, 0.2) is 22.1 Å². The zero-order valence-corrected chi connectivity index (χ0v) is 19.5. The van der Waals surface area contributed by atoms with Crippen LogP contribution in [-0.2, 0) is 11.2 Å². The maximum Gasteiger partial charge on any atom is 0.319 e. The van der Waals surface area contributed by atoms with E-state index in [-0.39, 0.29) is 0 Å². The van der Waals surface area contributed by atoms with Crippen LogP contribution >= 0.6 is 23.1 Å². The van der Waals surface area contributed by atoms with E-state index < -0.39 is 10.7 Å². The third-order valence-corrected chi connectivity index (χ3v) is 6.78. The number of thiazole rings is 1. The highest BCUT2D eigenvalue weighted by atomic mass is 32.2. The summed E-state index contributed by atoms with van der Waals surface area (Å²) in [5, 5.41) is 11.3. The SMILES string of the molecule is CCCCCCCN(CCc1csc(SC(C)(C)C(=O)O)n1)c1ncc(C)cn1. The van der Waals surface area contributed by atoms with Gasteiger partial charge in [-0.25, -0.2) is 15.0 Å². The number of hydrogen-bond acceptors (Lipinski definition) is 7. The van der Waals surface area contributed by atoms with Crippen LogP contribution in [0.5, 0.6) is 0 Å². The number of anilines is 1. The van der Waals surface area contributed by atoms with Crippen LogP contribution in [0.2, 0.25) is 0 Å². The summed E-state index contributed by atoms with van der Waals surface area (Å²) in [6.07, 6.45) is 10.7. The fourth-order valence-electron chi connectivity index (χ4n) is 2.73. The second-order valence-electron chi connectivity index (χ2n) is 7.73. The van der Waals surface area contributed by atoms with Gasteiger partial charge in [0, 0.05) is 37.3 Å². The van der Waals surface area contributed by atoms with Crippen molar-refractivity contribution in [3.8, 4) is 0 Å². The van der Waals surface area contributed by atoms with Crippen molar-refractivity contribution in [2.45, 2.75) is 75.3 Å². The number of carbonyl (C=O) groups is 1. The molecule has 2 aromatic heterocycles. The molecule has 0 radical (unpaired) electrons. The van der Waals surface area contributed by atoms with Crippen LogP contribution in [0.3, 0.4) is 0 Å². The lowest BCUT2D eigenvalue weighted by Crippen LogP contribution is -2.29. The largest absolute Gasteiger partial charge is 0.480 e. The molecule has 0 aliphatic heterocycles. The number of aromatic nitrogens is 3. The average molecular weight is 437 g/mol. The summed E-state index contributed by atoms with van der Waals surface area (Å²) in [4.78, 5) is 27.2. The minimum absolute atomic E-state index is 0.767. The summed E-state index contributed by atoms with van der Waals surface area (Å²) in [5.41, 5.74) is 2.04. The Morgan fingerprint density at radius 2 is 1.86 bits per heavy atom. The summed E-state index contributed by atoms with van der Waals surface area (Å²) >= 11 is 2.81. The second kappa shape index (κ2) is 11.5. The van der Waals surface area contributed by atoms with Gasteiger partial charge in [-0.05, 0) is 32.8 Å². The lowest BCUT2D eigenvalue weighted by atomic mass is 10.1. The number of carboxylic acid groups (broad SMARTS) is 1. The fraction of sp³-hybridized carbons (Fsp3) is 0.619. The summed E-state index contributed by atoms with van der Waals surface area (Å²) in [6.45, 7) is 9.36. The molecule has 0 unspecified atom stereocenters. The molecule has 0 atom stereocenters. The normalized spacial score (nSPS) is 11.6. The van der Waals surface area contributed by atoms with Gasteiger partial charge in [-0.2, -0.15) is 0 Å². The molecule has 29 heavy (non-hydrogen) atoms. The van der Waals surface area contributed by atoms with Crippen molar-refractivity contribution in [1.29, 1.82) is 0 Å². The highest BCUT2D eigenvalue weighted by molar-refractivity contribution is 8.02. The van der Waals surface area contributed by atoms with E-state index in [1.54, 1.807) is 13.8 Å². The average Bonchev–Trinajstić information content (AvgIpc) is 3.11. The molecule has 1 N–H and O–H groups in total. The highest BCUT2D eigenvalue weighted by Crippen LogP contribution is 2.34. The number of thioether (sulfide) groups is 1. The van der Waals surface area contributed by atoms with Crippen LogP contribution < -0.4 is 4.90 Å². The molecule has 0 saturated carbocycles. The first kappa shape index (κ1) is 23.6. The summed E-state index contributed by atoms with van der Waals surface area (Å²) in [7, 11) is 0. The lowest BCUT2D eigenvalue weighted by molar-refractivity contribution is -0.138. The van der Waals surface area contributed by atoms with E-state index in [0.717, 1.165) is 47.5 Å². The number of aryl methyl sites for hydroxylation is 1. The number of unbranched alkanes of at least 4 members (excludes halogenated alkanes) is 4. The van der Waals surface area contributed by atoms with E-state index >= 15 is 0 Å². The van der Waals surface area contributed by atoms with Gasteiger partial charge < -0.3 is 10.0 Å². The molecule has 2 heterocycles. The first-order chi connectivity index (χ1) is 13.8. The maximum absolute atomic E-state index is 11.3. The minimum atomic E-state index is -0.880. The van der Waals surface area contributed by atoms with E-state index in [1.807, 2.05) is 24.7 Å². The fourth-order valence-corrected chi connectivity index (χ4v) is 4.95. The molecule has 0 spiro atoms. The van der Waals surface area contributed by atoms with Crippen LogP contribution in [0.1, 0.15) is 64.1 Å². The molecule has 2 rings (SSSR count). The van der Waals surface area contributed by atoms with Crippen molar-refractivity contribution in [3.63, 3.8) is 0 Å². The third kappa shape index (κ3) is 7.93. The van der Waals surface area contributed by atoms with Gasteiger partial charge in [0.05, 0.1) is 5.69 Å². The van der Waals surface area contributed by atoms with Gasteiger partial charge in [-0.15, -0.1) is 11.3 Å². The molecule has 0 aromatic carbocycles. The van der Waals surface area contributed by atoms with Crippen LogP contribution in [0.25, 0.3) is 0 Å². The zero-order valence-electron chi connectivity index (χ0n) is 17.8. The van der Waals surface area contributed by atoms with E-state index in [4.69, 9.17) is 0 Å². The van der Waals surface area contributed by atoms with Gasteiger partial charge >= 0.3 is 5.97 Å². The van der Waals surface area contributed by atoms with Crippen molar-refractivity contribution in [2.75, 3.05) is 18.0 Å². The Balaban J connectivity index is 1.96. The molecular formula is C21H32N4O2S2. The van der Waals surface area contributed by atoms with Gasteiger partial charge in [0.25, 0.3) is 0 Å². The number of nitrogens with zero attached hydrogens (tertiary/aromatic N) is 4. The molecule has 0 amide bonds. The van der Waals surface area contributed by atoms with Crippen molar-refractivity contribution in [2.24, 2.45) is 0 Å². The topological polar surface area (TPSA) is 79.2 Å². The maximum atomic E-state index is 11.3. The number of aliphatic carboxylic acids is 1. The molecular weight excluding hydrogens is 404 g/mol. The van der Waals surface area contributed by atoms with Crippen molar-refractivity contribution in [1.82, 2.24) is 15.0 Å². The van der Waals surface area contributed by atoms with E-state index in [9.17, 15) is 9.90 Å². The van der Waals surface area contributed by atoms with Crippen LogP contribution in [0, 0.1) is 6.92 Å².